The van der Waals surface area contributed by atoms with Crippen LogP contribution in [-0.2, 0) is 13.0 Å². The van der Waals surface area contributed by atoms with Crippen LogP contribution in [0.4, 0.5) is 4.39 Å². The number of halogens is 2. The molecule has 0 spiro atoms. The molecule has 0 saturated heterocycles. The first kappa shape index (κ1) is 24.6. The highest BCUT2D eigenvalue weighted by molar-refractivity contribution is 6.31. The maximum atomic E-state index is 14.9. The second-order valence-corrected chi connectivity index (χ2v) is 9.02. The number of aromatic amines is 1. The van der Waals surface area contributed by atoms with Gasteiger partial charge in [-0.25, -0.2) is 9.18 Å². The fourth-order valence-electron chi connectivity index (χ4n) is 3.98. The molecule has 1 atom stereocenters. The summed E-state index contributed by atoms with van der Waals surface area (Å²) in [5.74, 6) is -0.523. The quantitative estimate of drug-likeness (QED) is 0.236. The van der Waals surface area contributed by atoms with Crippen LogP contribution in [0, 0.1) is 17.1 Å². The van der Waals surface area contributed by atoms with Crippen LogP contribution in [-0.4, -0.2) is 27.1 Å². The summed E-state index contributed by atoms with van der Waals surface area (Å²) in [7, 11) is 0. The van der Waals surface area contributed by atoms with Gasteiger partial charge in [0.1, 0.15) is 5.65 Å². The molecule has 35 heavy (non-hydrogen) atoms. The number of nitriles is 1. The lowest BCUT2D eigenvalue weighted by molar-refractivity contribution is 0.618. The van der Waals surface area contributed by atoms with Gasteiger partial charge in [-0.15, -0.1) is 0 Å². The van der Waals surface area contributed by atoms with E-state index < -0.39 is 11.5 Å². The number of H-pyrrole nitrogens is 1. The Balaban J connectivity index is 1.64. The second kappa shape index (κ2) is 10.8. The topological polar surface area (TPSA) is 113 Å². The molecule has 2 aromatic carbocycles. The molecule has 0 amide bonds. The Kier molecular flexibility index (Phi) is 7.61. The first-order valence-electron chi connectivity index (χ1n) is 11.4. The van der Waals surface area contributed by atoms with Gasteiger partial charge in [0.2, 0.25) is 0 Å². The number of nitrogens with zero attached hydrogens (tertiary/aromatic N) is 3. The number of rotatable bonds is 9. The summed E-state index contributed by atoms with van der Waals surface area (Å²) in [4.78, 5) is 19.9. The van der Waals surface area contributed by atoms with Crippen molar-refractivity contribution in [2.45, 2.75) is 38.8 Å². The molecular weight excluding hydrogens is 467 g/mol. The van der Waals surface area contributed by atoms with E-state index in [1.165, 1.54) is 4.57 Å². The molecule has 0 unspecified atom stereocenters. The number of aromatic nitrogens is 3. The minimum absolute atomic E-state index is 0.0499. The van der Waals surface area contributed by atoms with Gasteiger partial charge in [0, 0.05) is 29.7 Å². The Morgan fingerprint density at radius 2 is 2.03 bits per heavy atom. The van der Waals surface area contributed by atoms with Crippen molar-refractivity contribution >= 4 is 22.6 Å². The van der Waals surface area contributed by atoms with Gasteiger partial charge in [0.15, 0.2) is 5.82 Å². The Hall–Kier alpha value is -3.51. The molecule has 4 aromatic rings. The Labute approximate surface area is 207 Å². The zero-order chi connectivity index (χ0) is 24.9. The number of fused-ring (bicyclic) bond motifs is 1. The van der Waals surface area contributed by atoms with Crippen molar-refractivity contribution in [2.75, 3.05) is 6.54 Å². The largest absolute Gasteiger partial charge is 0.354 e. The monoisotopic (exact) mass is 492 g/mol. The van der Waals surface area contributed by atoms with Crippen molar-refractivity contribution in [1.29, 1.82) is 5.26 Å². The average Bonchev–Trinajstić information content (AvgIpc) is 3.23. The molecule has 0 radical (unpaired) electrons. The second-order valence-electron chi connectivity index (χ2n) is 8.62. The van der Waals surface area contributed by atoms with Gasteiger partial charge in [-0.1, -0.05) is 23.7 Å². The van der Waals surface area contributed by atoms with Crippen LogP contribution in [0.15, 0.2) is 53.5 Å². The summed E-state index contributed by atoms with van der Waals surface area (Å²) in [6.45, 7) is 2.78. The fourth-order valence-corrected chi connectivity index (χ4v) is 4.22. The number of hydrogen-bond donors (Lipinski definition) is 3. The average molecular weight is 493 g/mol. The third-order valence-corrected chi connectivity index (χ3v) is 6.03. The van der Waals surface area contributed by atoms with Crippen LogP contribution in [0.3, 0.4) is 0 Å². The zero-order valence-corrected chi connectivity index (χ0v) is 20.1. The van der Waals surface area contributed by atoms with E-state index in [0.717, 1.165) is 30.4 Å². The fraction of sp³-hybridized carbons (Fsp3) is 0.269. The minimum Gasteiger partial charge on any atom is -0.339 e. The SMILES string of the molecule is C[C@H](N)CCCc1cc(Cl)c(F)c(-c2cc3cn(-c4ccc(CNCC#N)cc4)c(=O)nc3[nH]2)c1. The summed E-state index contributed by atoms with van der Waals surface area (Å²) in [5.41, 5.74) is 9.14. The lowest BCUT2D eigenvalue weighted by Gasteiger charge is -2.09. The zero-order valence-electron chi connectivity index (χ0n) is 19.3. The molecular formula is C26H26ClFN6O. The van der Waals surface area contributed by atoms with Crippen molar-refractivity contribution < 1.29 is 4.39 Å². The summed E-state index contributed by atoms with van der Waals surface area (Å²) < 4.78 is 16.4. The number of nitrogens with two attached hydrogens (primary N) is 1. The smallest absolute Gasteiger partial charge is 0.339 e. The molecule has 4 rings (SSSR count). The number of hydrogen-bond acceptors (Lipinski definition) is 5. The highest BCUT2D eigenvalue weighted by Gasteiger charge is 2.15. The predicted octanol–water partition coefficient (Wildman–Crippen LogP) is 4.46. The highest BCUT2D eigenvalue weighted by Crippen LogP contribution is 2.31. The number of aryl methyl sites for hydroxylation is 1. The van der Waals surface area contributed by atoms with Crippen molar-refractivity contribution in [3.05, 3.63) is 81.1 Å². The van der Waals surface area contributed by atoms with Crippen LogP contribution < -0.4 is 16.7 Å². The van der Waals surface area contributed by atoms with Crippen LogP contribution in [0.25, 0.3) is 28.0 Å². The van der Waals surface area contributed by atoms with E-state index in [-0.39, 0.29) is 17.6 Å². The van der Waals surface area contributed by atoms with Gasteiger partial charge >= 0.3 is 5.69 Å². The number of benzene rings is 2. The summed E-state index contributed by atoms with van der Waals surface area (Å²) in [6.07, 6.45) is 4.16. The normalized spacial score (nSPS) is 12.1. The predicted molar refractivity (Wildman–Crippen MR) is 136 cm³/mol. The van der Waals surface area contributed by atoms with E-state index in [1.54, 1.807) is 24.4 Å². The van der Waals surface area contributed by atoms with Gasteiger partial charge in [-0.05, 0) is 67.6 Å². The highest BCUT2D eigenvalue weighted by atomic mass is 35.5. The molecule has 4 N–H and O–H groups in total. The first-order valence-corrected chi connectivity index (χ1v) is 11.8. The third-order valence-electron chi connectivity index (χ3n) is 5.76. The van der Waals surface area contributed by atoms with E-state index in [2.05, 4.69) is 15.3 Å². The van der Waals surface area contributed by atoms with Gasteiger partial charge in [0.05, 0.1) is 29.0 Å². The molecule has 180 valence electrons. The van der Waals surface area contributed by atoms with E-state index in [0.29, 0.717) is 34.5 Å². The van der Waals surface area contributed by atoms with Crippen molar-refractivity contribution in [1.82, 2.24) is 19.9 Å². The molecule has 0 fully saturated rings. The number of nitrogens with one attached hydrogen (secondary N) is 2. The Morgan fingerprint density at radius 3 is 2.74 bits per heavy atom. The molecule has 0 aliphatic carbocycles. The summed E-state index contributed by atoms with van der Waals surface area (Å²) in [6, 6.07) is 14.7. The van der Waals surface area contributed by atoms with E-state index in [4.69, 9.17) is 22.6 Å². The molecule has 0 aliphatic heterocycles. The van der Waals surface area contributed by atoms with Crippen molar-refractivity contribution in [3.8, 4) is 23.0 Å². The Bertz CT molecular complexity index is 1440. The van der Waals surface area contributed by atoms with Gasteiger partial charge < -0.3 is 16.0 Å². The standard InChI is InChI=1S/C26H26ClFN6O/c1-16(30)3-2-4-18-11-21(24(28)22(27)12-18)23-13-19-15-34(26(35)33-25(19)32-23)20-7-5-17(6-8-20)14-31-10-9-29/h5-8,11-13,15-16,31H,2-4,10,14,30H2,1H3,(H,32,33,35)/t16-/m0/s1. The van der Waals surface area contributed by atoms with Crippen LogP contribution in [0.5, 0.6) is 0 Å². The minimum atomic E-state index is -0.523. The van der Waals surface area contributed by atoms with E-state index in [1.807, 2.05) is 37.3 Å². The molecule has 2 aromatic heterocycles. The van der Waals surface area contributed by atoms with Crippen LogP contribution >= 0.6 is 11.6 Å². The molecule has 0 saturated carbocycles. The molecule has 7 nitrogen and oxygen atoms in total. The summed E-state index contributed by atoms with van der Waals surface area (Å²) >= 11 is 6.19. The maximum Gasteiger partial charge on any atom is 0.354 e. The molecule has 2 heterocycles. The molecule has 0 aliphatic rings. The Morgan fingerprint density at radius 1 is 1.26 bits per heavy atom. The first-order chi connectivity index (χ1) is 16.9. The summed E-state index contributed by atoms with van der Waals surface area (Å²) in [5, 5.41) is 12.3. The van der Waals surface area contributed by atoms with E-state index in [9.17, 15) is 9.18 Å². The lowest BCUT2D eigenvalue weighted by Crippen LogP contribution is -2.20. The van der Waals surface area contributed by atoms with Crippen molar-refractivity contribution in [2.24, 2.45) is 5.73 Å². The van der Waals surface area contributed by atoms with Gasteiger partial charge in [0.25, 0.3) is 0 Å². The lowest BCUT2D eigenvalue weighted by atomic mass is 10.0. The van der Waals surface area contributed by atoms with Crippen LogP contribution in [0.2, 0.25) is 5.02 Å². The third kappa shape index (κ3) is 5.77. The van der Waals surface area contributed by atoms with Crippen LogP contribution in [0.1, 0.15) is 30.9 Å². The molecule has 0 bridgehead atoms. The van der Waals surface area contributed by atoms with E-state index >= 15 is 0 Å². The van der Waals surface area contributed by atoms with Gasteiger partial charge in [-0.2, -0.15) is 10.2 Å². The van der Waals surface area contributed by atoms with Crippen molar-refractivity contribution in [3.63, 3.8) is 0 Å². The van der Waals surface area contributed by atoms with Gasteiger partial charge in [-0.3, -0.25) is 4.57 Å². The molecule has 9 heteroatoms. The maximum absolute atomic E-state index is 14.9.